The van der Waals surface area contributed by atoms with Gasteiger partial charge in [0, 0.05) is 6.08 Å². The van der Waals surface area contributed by atoms with E-state index >= 15 is 0 Å². The molecule has 0 radical (unpaired) electrons. The number of carbonyl (C=O) groups is 3. The van der Waals surface area contributed by atoms with Crippen LogP contribution in [0.4, 0.5) is 5.00 Å². The largest absolute Gasteiger partial charge is 0.462 e. The van der Waals surface area contributed by atoms with Gasteiger partial charge in [-0.15, -0.1) is 11.3 Å². The van der Waals surface area contributed by atoms with Crippen molar-refractivity contribution in [1.29, 1.82) is 0 Å². The molecule has 31 heavy (non-hydrogen) atoms. The van der Waals surface area contributed by atoms with Gasteiger partial charge in [0.2, 0.25) is 6.79 Å². The number of nitrogens with one attached hydrogen (secondary N) is 1. The summed E-state index contributed by atoms with van der Waals surface area (Å²) >= 11 is 1.27. The highest BCUT2D eigenvalue weighted by molar-refractivity contribution is 7.15. The van der Waals surface area contributed by atoms with Crippen molar-refractivity contribution in [3.05, 3.63) is 46.3 Å². The lowest BCUT2D eigenvalue weighted by Gasteiger charge is -2.08. The molecular formula is C22H21NO7S. The van der Waals surface area contributed by atoms with Crippen LogP contribution in [0.15, 0.2) is 29.7 Å². The lowest BCUT2D eigenvalue weighted by atomic mass is 10.1. The molecule has 8 nitrogen and oxygen atoms in total. The predicted molar refractivity (Wildman–Crippen MR) is 113 cm³/mol. The first kappa shape index (κ1) is 20.9. The van der Waals surface area contributed by atoms with Crippen LogP contribution < -0.4 is 14.8 Å². The number of thiophene rings is 1. The Morgan fingerprint density at radius 1 is 1.19 bits per heavy atom. The standard InChI is InChI=1S/C22H21NO7S/c1-2-27-22(26)20-15(14-5-6-14)11-31-21(20)23-18(24)10-28-19(25)8-4-13-3-7-16-17(9-13)30-12-29-16/h3-4,7-9,11,14H,2,5-6,10,12H2,1H3,(H,23,24). The number of fused-ring (bicyclic) bond motifs is 1. The molecule has 1 aromatic heterocycles. The molecule has 4 rings (SSSR count). The van der Waals surface area contributed by atoms with E-state index < -0.39 is 24.5 Å². The highest BCUT2D eigenvalue weighted by atomic mass is 32.1. The van der Waals surface area contributed by atoms with Crippen LogP contribution in [0, 0.1) is 0 Å². The van der Waals surface area contributed by atoms with Gasteiger partial charge >= 0.3 is 11.9 Å². The highest BCUT2D eigenvalue weighted by Crippen LogP contribution is 2.46. The topological polar surface area (TPSA) is 100 Å². The Hall–Kier alpha value is -3.33. The fourth-order valence-electron chi connectivity index (χ4n) is 3.10. The third-order valence-electron chi connectivity index (χ3n) is 4.72. The molecule has 1 aromatic carbocycles. The highest BCUT2D eigenvalue weighted by Gasteiger charge is 2.32. The second-order valence-corrected chi connectivity index (χ2v) is 7.87. The van der Waals surface area contributed by atoms with Gasteiger partial charge in [-0.2, -0.15) is 0 Å². The quantitative estimate of drug-likeness (QED) is 0.490. The molecule has 1 N–H and O–H groups in total. The Morgan fingerprint density at radius 2 is 2.00 bits per heavy atom. The molecule has 1 amide bonds. The minimum atomic E-state index is -0.664. The minimum Gasteiger partial charge on any atom is -0.462 e. The third-order valence-corrected chi connectivity index (χ3v) is 5.64. The predicted octanol–water partition coefficient (Wildman–Crippen LogP) is 3.73. The SMILES string of the molecule is CCOC(=O)c1c(C2CC2)csc1NC(=O)COC(=O)C=Cc1ccc2c(c1)OCO2. The number of esters is 2. The van der Waals surface area contributed by atoms with Crippen molar-refractivity contribution in [3.63, 3.8) is 0 Å². The van der Waals surface area contributed by atoms with Gasteiger partial charge in [-0.1, -0.05) is 6.07 Å². The van der Waals surface area contributed by atoms with Crippen LogP contribution in [0.1, 0.15) is 47.2 Å². The van der Waals surface area contributed by atoms with E-state index in [-0.39, 0.29) is 13.4 Å². The maximum Gasteiger partial charge on any atom is 0.341 e. The van der Waals surface area contributed by atoms with Crippen LogP contribution in [0.5, 0.6) is 11.5 Å². The van der Waals surface area contributed by atoms with Crippen LogP contribution in [0.25, 0.3) is 6.08 Å². The summed E-state index contributed by atoms with van der Waals surface area (Å²) in [6, 6.07) is 5.26. The van der Waals surface area contributed by atoms with Gasteiger partial charge in [-0.3, -0.25) is 4.79 Å². The normalized spacial score (nSPS) is 14.5. The van der Waals surface area contributed by atoms with Gasteiger partial charge in [-0.05, 0) is 60.4 Å². The Labute approximate surface area is 182 Å². The lowest BCUT2D eigenvalue weighted by Crippen LogP contribution is -2.21. The molecule has 0 spiro atoms. The zero-order chi connectivity index (χ0) is 21.8. The number of carbonyl (C=O) groups excluding carboxylic acids is 3. The van der Waals surface area contributed by atoms with Crippen molar-refractivity contribution >= 4 is 40.3 Å². The van der Waals surface area contributed by atoms with Gasteiger partial charge in [0.15, 0.2) is 18.1 Å². The van der Waals surface area contributed by atoms with Crippen LogP contribution in [0.2, 0.25) is 0 Å². The van der Waals surface area contributed by atoms with E-state index in [0.717, 1.165) is 24.0 Å². The van der Waals surface area contributed by atoms with Crippen molar-refractivity contribution in [2.75, 3.05) is 25.3 Å². The Balaban J connectivity index is 1.32. The molecule has 2 heterocycles. The maximum atomic E-state index is 12.3. The Morgan fingerprint density at radius 3 is 2.77 bits per heavy atom. The number of rotatable bonds is 8. The van der Waals surface area contributed by atoms with Crippen molar-refractivity contribution in [3.8, 4) is 11.5 Å². The molecule has 1 aliphatic carbocycles. The second-order valence-electron chi connectivity index (χ2n) is 6.99. The molecule has 1 saturated carbocycles. The second kappa shape index (κ2) is 9.22. The van der Waals surface area contributed by atoms with E-state index in [9.17, 15) is 14.4 Å². The first-order valence-electron chi connectivity index (χ1n) is 9.88. The molecule has 0 unspecified atom stereocenters. The fourth-order valence-corrected chi connectivity index (χ4v) is 4.15. The van der Waals surface area contributed by atoms with Crippen molar-refractivity contribution in [2.24, 2.45) is 0 Å². The first-order chi connectivity index (χ1) is 15.0. The van der Waals surface area contributed by atoms with E-state index in [1.165, 1.54) is 17.4 Å². The maximum absolute atomic E-state index is 12.3. The Kier molecular flexibility index (Phi) is 6.22. The van der Waals surface area contributed by atoms with E-state index in [2.05, 4.69) is 5.32 Å². The van der Waals surface area contributed by atoms with Gasteiger partial charge in [0.25, 0.3) is 5.91 Å². The first-order valence-corrected chi connectivity index (χ1v) is 10.8. The van der Waals surface area contributed by atoms with Gasteiger partial charge in [-0.25, -0.2) is 9.59 Å². The summed E-state index contributed by atoms with van der Waals surface area (Å²) in [6.45, 7) is 1.68. The summed E-state index contributed by atoms with van der Waals surface area (Å²) in [7, 11) is 0. The third kappa shape index (κ3) is 5.05. The average molecular weight is 443 g/mol. The number of ether oxygens (including phenoxy) is 4. The minimum absolute atomic E-state index is 0.171. The number of benzene rings is 1. The number of amides is 1. The monoisotopic (exact) mass is 443 g/mol. The molecule has 1 fully saturated rings. The summed E-state index contributed by atoms with van der Waals surface area (Å²) in [4.78, 5) is 36.6. The molecule has 0 atom stereocenters. The van der Waals surface area contributed by atoms with E-state index in [1.54, 1.807) is 31.2 Å². The summed E-state index contributed by atoms with van der Waals surface area (Å²) in [6.07, 6.45) is 4.82. The summed E-state index contributed by atoms with van der Waals surface area (Å²) < 4.78 is 20.7. The smallest absolute Gasteiger partial charge is 0.341 e. The molecular weight excluding hydrogens is 422 g/mol. The van der Waals surface area contributed by atoms with E-state index in [1.807, 2.05) is 5.38 Å². The van der Waals surface area contributed by atoms with Crippen molar-refractivity contribution in [1.82, 2.24) is 0 Å². The van der Waals surface area contributed by atoms with Gasteiger partial charge in [0.1, 0.15) is 5.00 Å². The van der Waals surface area contributed by atoms with Crippen molar-refractivity contribution < 1.29 is 33.3 Å². The van der Waals surface area contributed by atoms with Crippen molar-refractivity contribution in [2.45, 2.75) is 25.7 Å². The average Bonchev–Trinajstić information content (AvgIpc) is 3.35. The molecule has 1 aliphatic heterocycles. The van der Waals surface area contributed by atoms with Crippen LogP contribution >= 0.6 is 11.3 Å². The summed E-state index contributed by atoms with van der Waals surface area (Å²) in [5.41, 5.74) is 2.04. The zero-order valence-corrected chi connectivity index (χ0v) is 17.7. The van der Waals surface area contributed by atoms with Crippen LogP contribution in [0.3, 0.4) is 0 Å². The number of anilines is 1. The molecule has 2 aromatic rings. The molecule has 0 saturated heterocycles. The number of hydrogen-bond acceptors (Lipinski definition) is 8. The number of hydrogen-bond donors (Lipinski definition) is 1. The summed E-state index contributed by atoms with van der Waals surface area (Å²) in [5, 5.41) is 4.95. The lowest BCUT2D eigenvalue weighted by molar-refractivity contribution is -0.142. The van der Waals surface area contributed by atoms with Gasteiger partial charge < -0.3 is 24.3 Å². The van der Waals surface area contributed by atoms with Gasteiger partial charge in [0.05, 0.1) is 12.2 Å². The fraction of sp³-hybridized carbons (Fsp3) is 0.318. The molecule has 2 aliphatic rings. The van der Waals surface area contributed by atoms with Crippen LogP contribution in [-0.4, -0.2) is 37.9 Å². The van der Waals surface area contributed by atoms with E-state index in [0.29, 0.717) is 28.0 Å². The summed E-state index contributed by atoms with van der Waals surface area (Å²) in [5.74, 6) is -0.0567. The molecule has 162 valence electrons. The van der Waals surface area contributed by atoms with E-state index in [4.69, 9.17) is 18.9 Å². The molecule has 0 bridgehead atoms. The Bertz CT molecular complexity index is 1040. The molecule has 9 heteroatoms. The zero-order valence-electron chi connectivity index (χ0n) is 16.8. The van der Waals surface area contributed by atoms with Crippen LogP contribution in [-0.2, 0) is 19.1 Å².